The van der Waals surface area contributed by atoms with Gasteiger partial charge in [0.1, 0.15) is 4.90 Å². The second-order valence-electron chi connectivity index (χ2n) is 9.31. The van der Waals surface area contributed by atoms with E-state index >= 15 is 0 Å². The highest BCUT2D eigenvalue weighted by Gasteiger charge is 2.29. The van der Waals surface area contributed by atoms with Crippen molar-refractivity contribution < 1.29 is 18.0 Å². The van der Waals surface area contributed by atoms with E-state index in [0.717, 1.165) is 11.1 Å². The molecule has 4 rings (SSSR count). The number of anilines is 2. The molecule has 3 aromatic carbocycles. The van der Waals surface area contributed by atoms with Gasteiger partial charge in [-0.2, -0.15) is 0 Å². The van der Waals surface area contributed by atoms with E-state index in [-0.39, 0.29) is 29.0 Å². The standard InChI is InChI=1S/C28H32N4O4S/c1-20(22-10-6-3-7-11-22)31-37(35,36)26-19-24(30-27(33)18-21-8-4-2-5-9-21)12-13-25(26)32-16-14-23(15-17-32)28(29)34/h2-13,19-20,23,31H,14-18H2,1H3,(H2,29,34)(H,30,33)/t20-/m1/s1. The molecule has 2 amide bonds. The van der Waals surface area contributed by atoms with Gasteiger partial charge in [0, 0.05) is 30.7 Å². The number of rotatable bonds is 9. The molecular formula is C28H32N4O4S. The number of nitrogens with one attached hydrogen (secondary N) is 2. The van der Waals surface area contributed by atoms with Crippen LogP contribution in [-0.2, 0) is 26.0 Å². The first-order valence-electron chi connectivity index (χ1n) is 12.3. The van der Waals surface area contributed by atoms with Crippen LogP contribution >= 0.6 is 0 Å². The molecule has 0 radical (unpaired) electrons. The first kappa shape index (κ1) is 26.4. The Morgan fingerprint density at radius 1 is 0.973 bits per heavy atom. The third kappa shape index (κ3) is 6.75. The van der Waals surface area contributed by atoms with Crippen LogP contribution in [0.4, 0.5) is 11.4 Å². The molecule has 0 aliphatic carbocycles. The van der Waals surface area contributed by atoms with Gasteiger partial charge in [-0.3, -0.25) is 9.59 Å². The largest absolute Gasteiger partial charge is 0.370 e. The lowest BCUT2D eigenvalue weighted by atomic mass is 9.96. The van der Waals surface area contributed by atoms with Crippen LogP contribution in [0.25, 0.3) is 0 Å². The molecule has 1 heterocycles. The van der Waals surface area contributed by atoms with Crippen LogP contribution in [0.2, 0.25) is 0 Å². The van der Waals surface area contributed by atoms with Gasteiger partial charge in [0.25, 0.3) is 0 Å². The summed E-state index contributed by atoms with van der Waals surface area (Å²) in [6.45, 7) is 2.80. The van der Waals surface area contributed by atoms with Gasteiger partial charge < -0.3 is 16.0 Å². The maximum atomic E-state index is 13.7. The SMILES string of the molecule is C[C@@H](NS(=O)(=O)c1cc(NC(=O)Cc2ccccc2)ccc1N1CCC(C(N)=O)CC1)c1ccccc1. The fraction of sp³-hybridized carbons (Fsp3) is 0.286. The summed E-state index contributed by atoms with van der Waals surface area (Å²) in [5.41, 5.74) is 8.09. The molecule has 0 saturated carbocycles. The molecule has 0 bridgehead atoms. The summed E-state index contributed by atoms with van der Waals surface area (Å²) in [4.78, 5) is 26.3. The van der Waals surface area contributed by atoms with Crippen molar-refractivity contribution >= 4 is 33.2 Å². The van der Waals surface area contributed by atoms with Gasteiger partial charge in [0.05, 0.1) is 12.1 Å². The third-order valence-corrected chi connectivity index (χ3v) is 8.18. The monoisotopic (exact) mass is 520 g/mol. The Hall–Kier alpha value is -3.69. The van der Waals surface area contributed by atoms with Gasteiger partial charge in [-0.25, -0.2) is 13.1 Å². The van der Waals surface area contributed by atoms with E-state index in [9.17, 15) is 18.0 Å². The number of nitrogens with two attached hydrogens (primary N) is 1. The zero-order chi connectivity index (χ0) is 26.4. The highest BCUT2D eigenvalue weighted by atomic mass is 32.2. The smallest absolute Gasteiger partial charge is 0.243 e. The Kier molecular flexibility index (Phi) is 8.25. The number of primary amides is 1. The zero-order valence-corrected chi connectivity index (χ0v) is 21.6. The van der Waals surface area contributed by atoms with Gasteiger partial charge in [-0.05, 0) is 49.1 Å². The van der Waals surface area contributed by atoms with E-state index in [2.05, 4.69) is 10.0 Å². The molecule has 1 fully saturated rings. The van der Waals surface area contributed by atoms with Crippen LogP contribution in [0.5, 0.6) is 0 Å². The van der Waals surface area contributed by atoms with E-state index in [1.54, 1.807) is 19.1 Å². The molecule has 4 N–H and O–H groups in total. The van der Waals surface area contributed by atoms with Crippen molar-refractivity contribution in [2.75, 3.05) is 23.3 Å². The predicted molar refractivity (Wildman–Crippen MR) is 145 cm³/mol. The van der Waals surface area contributed by atoms with Gasteiger partial charge in [-0.15, -0.1) is 0 Å². The minimum absolute atomic E-state index is 0.0744. The van der Waals surface area contributed by atoms with Crippen molar-refractivity contribution in [2.24, 2.45) is 11.7 Å². The topological polar surface area (TPSA) is 122 Å². The molecule has 194 valence electrons. The first-order chi connectivity index (χ1) is 17.7. The molecule has 8 nitrogen and oxygen atoms in total. The average Bonchev–Trinajstić information content (AvgIpc) is 2.89. The van der Waals surface area contributed by atoms with E-state index < -0.39 is 16.1 Å². The lowest BCUT2D eigenvalue weighted by Gasteiger charge is -2.33. The molecular weight excluding hydrogens is 488 g/mol. The van der Waals surface area contributed by atoms with Crippen molar-refractivity contribution in [3.8, 4) is 0 Å². The average molecular weight is 521 g/mol. The minimum Gasteiger partial charge on any atom is -0.370 e. The number of benzene rings is 3. The zero-order valence-electron chi connectivity index (χ0n) is 20.8. The van der Waals surface area contributed by atoms with E-state index in [1.807, 2.05) is 65.6 Å². The molecule has 1 saturated heterocycles. The van der Waals surface area contributed by atoms with Crippen LogP contribution in [0.3, 0.4) is 0 Å². The second-order valence-corrected chi connectivity index (χ2v) is 11.0. The first-order valence-corrected chi connectivity index (χ1v) is 13.8. The third-order valence-electron chi connectivity index (χ3n) is 6.61. The number of carbonyl (C=O) groups excluding carboxylic acids is 2. The molecule has 9 heteroatoms. The molecule has 1 aliphatic rings. The summed E-state index contributed by atoms with van der Waals surface area (Å²) in [7, 11) is -3.97. The molecule has 1 aliphatic heterocycles. The molecule has 0 unspecified atom stereocenters. The number of sulfonamides is 1. The van der Waals surface area contributed by atoms with Gasteiger partial charge in [0.2, 0.25) is 21.8 Å². The fourth-order valence-electron chi connectivity index (χ4n) is 4.57. The summed E-state index contributed by atoms with van der Waals surface area (Å²) in [5.74, 6) is -0.790. The van der Waals surface area contributed by atoms with E-state index in [0.29, 0.717) is 37.3 Å². The number of carbonyl (C=O) groups is 2. The van der Waals surface area contributed by atoms with Crippen molar-refractivity contribution in [3.63, 3.8) is 0 Å². The molecule has 3 aromatic rings. The molecule has 1 atom stereocenters. The van der Waals surface area contributed by atoms with Crippen LogP contribution in [0, 0.1) is 5.92 Å². The highest BCUT2D eigenvalue weighted by Crippen LogP contribution is 2.32. The molecule has 0 spiro atoms. The quantitative estimate of drug-likeness (QED) is 0.398. The van der Waals surface area contributed by atoms with Gasteiger partial charge >= 0.3 is 0 Å². The maximum absolute atomic E-state index is 13.7. The van der Waals surface area contributed by atoms with Crippen LogP contribution in [0.1, 0.15) is 36.9 Å². The Labute approximate surface area is 217 Å². The van der Waals surface area contributed by atoms with Crippen LogP contribution in [-0.4, -0.2) is 33.3 Å². The predicted octanol–water partition coefficient (Wildman–Crippen LogP) is 3.61. The number of piperidine rings is 1. The normalized spacial score (nSPS) is 15.2. The van der Waals surface area contributed by atoms with Crippen molar-refractivity contribution in [1.82, 2.24) is 4.72 Å². The number of hydrogen-bond donors (Lipinski definition) is 3. The number of hydrogen-bond acceptors (Lipinski definition) is 5. The molecule has 37 heavy (non-hydrogen) atoms. The maximum Gasteiger partial charge on any atom is 0.243 e. The number of amides is 2. The second kappa shape index (κ2) is 11.6. The molecule has 0 aromatic heterocycles. The summed E-state index contributed by atoms with van der Waals surface area (Å²) in [6, 6.07) is 23.1. The summed E-state index contributed by atoms with van der Waals surface area (Å²) >= 11 is 0. The highest BCUT2D eigenvalue weighted by molar-refractivity contribution is 7.89. The lowest BCUT2D eigenvalue weighted by molar-refractivity contribution is -0.122. The van der Waals surface area contributed by atoms with Gasteiger partial charge in [0.15, 0.2) is 0 Å². The van der Waals surface area contributed by atoms with Crippen LogP contribution in [0.15, 0.2) is 83.8 Å². The Morgan fingerprint density at radius 3 is 2.22 bits per heavy atom. The van der Waals surface area contributed by atoms with E-state index in [4.69, 9.17) is 5.73 Å². The summed E-state index contributed by atoms with van der Waals surface area (Å²) < 4.78 is 30.1. The van der Waals surface area contributed by atoms with Crippen molar-refractivity contribution in [1.29, 1.82) is 0 Å². The Balaban J connectivity index is 1.61. The fourth-order valence-corrected chi connectivity index (χ4v) is 6.05. The van der Waals surface area contributed by atoms with Crippen molar-refractivity contribution in [3.05, 3.63) is 90.0 Å². The minimum atomic E-state index is -3.97. The number of nitrogens with zero attached hydrogens (tertiary/aromatic N) is 1. The van der Waals surface area contributed by atoms with E-state index in [1.165, 1.54) is 6.07 Å². The summed E-state index contributed by atoms with van der Waals surface area (Å²) in [5, 5.41) is 2.83. The Morgan fingerprint density at radius 2 is 1.59 bits per heavy atom. The Bertz CT molecular complexity index is 1340. The lowest BCUT2D eigenvalue weighted by Crippen LogP contribution is -2.39. The van der Waals surface area contributed by atoms with Crippen molar-refractivity contribution in [2.45, 2.75) is 37.1 Å². The summed E-state index contributed by atoms with van der Waals surface area (Å²) in [6.07, 6.45) is 1.28. The van der Waals surface area contributed by atoms with Gasteiger partial charge in [-0.1, -0.05) is 60.7 Å². The van der Waals surface area contributed by atoms with Crippen LogP contribution < -0.4 is 20.7 Å².